The van der Waals surface area contributed by atoms with Gasteiger partial charge in [-0.05, 0) is 37.1 Å². The van der Waals surface area contributed by atoms with Gasteiger partial charge in [0, 0.05) is 23.5 Å². The Balaban J connectivity index is 1.57. The van der Waals surface area contributed by atoms with Crippen LogP contribution in [0.1, 0.15) is 11.1 Å². The molecule has 4 rings (SSSR count). The molecular formula is C24H20N2. The Labute approximate surface area is 154 Å². The smallest absolute Gasteiger partial charge is 0.0886 e. The van der Waals surface area contributed by atoms with Crippen molar-refractivity contribution in [3.63, 3.8) is 0 Å². The summed E-state index contributed by atoms with van der Waals surface area (Å²) in [5.74, 6) is 0. The first-order chi connectivity index (χ1) is 12.7. The second kappa shape index (κ2) is 6.93. The van der Waals surface area contributed by atoms with E-state index in [9.17, 15) is 0 Å². The van der Waals surface area contributed by atoms with Gasteiger partial charge in [0.15, 0.2) is 0 Å². The molecule has 0 aliphatic heterocycles. The molecule has 0 spiro atoms. The van der Waals surface area contributed by atoms with Crippen molar-refractivity contribution in [2.24, 2.45) is 0 Å². The lowest BCUT2D eigenvalue weighted by Gasteiger charge is -2.06. The minimum atomic E-state index is 0.885. The quantitative estimate of drug-likeness (QED) is 0.452. The number of benzene rings is 2. The van der Waals surface area contributed by atoms with Crippen molar-refractivity contribution in [3.05, 3.63) is 96.3 Å². The molecule has 0 radical (unpaired) electrons. The van der Waals surface area contributed by atoms with E-state index in [0.29, 0.717) is 0 Å². The third kappa shape index (κ3) is 3.40. The fourth-order valence-corrected chi connectivity index (χ4v) is 2.92. The highest BCUT2D eigenvalue weighted by Crippen LogP contribution is 2.24. The number of rotatable bonds is 3. The van der Waals surface area contributed by atoms with E-state index in [1.165, 1.54) is 22.3 Å². The van der Waals surface area contributed by atoms with Crippen LogP contribution >= 0.6 is 0 Å². The summed E-state index contributed by atoms with van der Waals surface area (Å²) in [5, 5.41) is 0. The molecule has 126 valence electrons. The van der Waals surface area contributed by atoms with Crippen LogP contribution in [0.15, 0.2) is 85.2 Å². The van der Waals surface area contributed by atoms with Gasteiger partial charge in [0.2, 0.25) is 0 Å². The van der Waals surface area contributed by atoms with E-state index in [2.05, 4.69) is 84.5 Å². The predicted octanol–water partition coefficient (Wildman–Crippen LogP) is 6.09. The molecule has 0 atom stereocenters. The Bertz CT molecular complexity index is 911. The van der Waals surface area contributed by atoms with Crippen molar-refractivity contribution < 1.29 is 0 Å². The summed E-state index contributed by atoms with van der Waals surface area (Å²) in [7, 11) is 0. The molecule has 2 aromatic heterocycles. The normalized spacial score (nSPS) is 10.7. The number of aromatic nitrogens is 2. The van der Waals surface area contributed by atoms with Gasteiger partial charge in [-0.1, -0.05) is 71.8 Å². The van der Waals surface area contributed by atoms with Crippen molar-refractivity contribution in [1.82, 2.24) is 9.97 Å². The minimum absolute atomic E-state index is 0.885. The summed E-state index contributed by atoms with van der Waals surface area (Å²) in [6.45, 7) is 4.19. The summed E-state index contributed by atoms with van der Waals surface area (Å²) in [6.07, 6.45) is 3.82. The molecule has 0 bridgehead atoms. The summed E-state index contributed by atoms with van der Waals surface area (Å²) in [6, 6.07) is 25.2. The van der Waals surface area contributed by atoms with Crippen LogP contribution in [-0.4, -0.2) is 9.97 Å². The molecule has 2 heterocycles. The zero-order valence-electron chi connectivity index (χ0n) is 15.0. The predicted molar refractivity (Wildman–Crippen MR) is 108 cm³/mol. The topological polar surface area (TPSA) is 25.8 Å². The molecule has 0 aliphatic carbocycles. The summed E-state index contributed by atoms with van der Waals surface area (Å²) in [4.78, 5) is 9.20. The maximum atomic E-state index is 4.60. The highest BCUT2D eigenvalue weighted by molar-refractivity contribution is 5.68. The number of nitrogens with zero attached hydrogens (tertiary/aromatic N) is 2. The fraction of sp³-hybridized carbons (Fsp3) is 0.0833. The molecule has 0 fully saturated rings. The largest absolute Gasteiger partial charge is 0.254 e. The zero-order valence-corrected chi connectivity index (χ0v) is 15.0. The average molecular weight is 336 g/mol. The molecular weight excluding hydrogens is 316 g/mol. The van der Waals surface area contributed by atoms with Gasteiger partial charge in [-0.2, -0.15) is 0 Å². The van der Waals surface area contributed by atoms with Crippen molar-refractivity contribution in [1.29, 1.82) is 0 Å². The molecule has 0 saturated heterocycles. The Kier molecular flexibility index (Phi) is 4.32. The Hall–Kier alpha value is -3.26. The van der Waals surface area contributed by atoms with Crippen LogP contribution in [0.5, 0.6) is 0 Å². The Morgan fingerprint density at radius 2 is 0.769 bits per heavy atom. The van der Waals surface area contributed by atoms with Crippen LogP contribution < -0.4 is 0 Å². The molecule has 26 heavy (non-hydrogen) atoms. The first-order valence-corrected chi connectivity index (χ1v) is 8.76. The van der Waals surface area contributed by atoms with Gasteiger partial charge in [-0.25, -0.2) is 0 Å². The highest BCUT2D eigenvalue weighted by atomic mass is 14.8. The fourth-order valence-electron chi connectivity index (χ4n) is 2.92. The first kappa shape index (κ1) is 16.2. The van der Waals surface area contributed by atoms with E-state index in [0.717, 1.165) is 22.5 Å². The van der Waals surface area contributed by atoms with Crippen molar-refractivity contribution in [2.75, 3.05) is 0 Å². The Morgan fingerprint density at radius 1 is 0.423 bits per heavy atom. The van der Waals surface area contributed by atoms with Gasteiger partial charge < -0.3 is 0 Å². The van der Waals surface area contributed by atoms with Crippen molar-refractivity contribution in [2.45, 2.75) is 13.8 Å². The van der Waals surface area contributed by atoms with E-state index < -0.39 is 0 Å². The molecule has 0 N–H and O–H groups in total. The van der Waals surface area contributed by atoms with E-state index in [-0.39, 0.29) is 0 Å². The standard InChI is InChI=1S/C24H20N2/c1-17-3-7-19(8-4-17)21-11-13-23(25-15-21)24-14-12-22(16-26-24)20-9-5-18(2)6-10-20/h3-16H,1-2H3. The number of hydrogen-bond acceptors (Lipinski definition) is 2. The number of pyridine rings is 2. The maximum Gasteiger partial charge on any atom is 0.0886 e. The van der Waals surface area contributed by atoms with Gasteiger partial charge in [0.1, 0.15) is 0 Å². The average Bonchev–Trinajstić information content (AvgIpc) is 2.70. The van der Waals surface area contributed by atoms with Gasteiger partial charge >= 0.3 is 0 Å². The maximum absolute atomic E-state index is 4.60. The molecule has 4 aromatic rings. The zero-order chi connectivity index (χ0) is 17.9. The van der Waals surface area contributed by atoms with E-state index in [4.69, 9.17) is 0 Å². The molecule has 2 heteroatoms. The van der Waals surface area contributed by atoms with Gasteiger partial charge in [0.05, 0.1) is 11.4 Å². The number of hydrogen-bond donors (Lipinski definition) is 0. The second-order valence-electron chi connectivity index (χ2n) is 6.60. The van der Waals surface area contributed by atoms with Crippen molar-refractivity contribution in [3.8, 4) is 33.6 Å². The summed E-state index contributed by atoms with van der Waals surface area (Å²) in [5.41, 5.74) is 8.88. The summed E-state index contributed by atoms with van der Waals surface area (Å²) >= 11 is 0. The molecule has 0 saturated carbocycles. The third-order valence-corrected chi connectivity index (χ3v) is 4.56. The van der Waals surface area contributed by atoms with E-state index >= 15 is 0 Å². The number of aryl methyl sites for hydroxylation is 2. The lowest BCUT2D eigenvalue weighted by atomic mass is 10.0. The van der Waals surface area contributed by atoms with Gasteiger partial charge in [0.25, 0.3) is 0 Å². The van der Waals surface area contributed by atoms with E-state index in [1.807, 2.05) is 24.5 Å². The third-order valence-electron chi connectivity index (χ3n) is 4.56. The Morgan fingerprint density at radius 3 is 1.08 bits per heavy atom. The lowest BCUT2D eigenvalue weighted by molar-refractivity contribution is 1.25. The molecule has 0 aliphatic rings. The lowest BCUT2D eigenvalue weighted by Crippen LogP contribution is -1.89. The van der Waals surface area contributed by atoms with Crippen molar-refractivity contribution >= 4 is 0 Å². The molecule has 2 nitrogen and oxygen atoms in total. The second-order valence-corrected chi connectivity index (χ2v) is 6.60. The monoisotopic (exact) mass is 336 g/mol. The minimum Gasteiger partial charge on any atom is -0.254 e. The molecule has 0 unspecified atom stereocenters. The van der Waals surface area contributed by atoms with Crippen LogP contribution in [0, 0.1) is 13.8 Å². The van der Waals surface area contributed by atoms with Gasteiger partial charge in [-0.3, -0.25) is 9.97 Å². The SMILES string of the molecule is Cc1ccc(-c2ccc(-c3ccc(-c4ccc(C)cc4)cn3)nc2)cc1. The first-order valence-electron chi connectivity index (χ1n) is 8.76. The summed E-state index contributed by atoms with van der Waals surface area (Å²) < 4.78 is 0. The van der Waals surface area contributed by atoms with Crippen LogP contribution in [-0.2, 0) is 0 Å². The van der Waals surface area contributed by atoms with Crippen LogP contribution in [0.2, 0.25) is 0 Å². The van der Waals surface area contributed by atoms with E-state index in [1.54, 1.807) is 0 Å². The highest BCUT2D eigenvalue weighted by Gasteiger charge is 2.04. The van der Waals surface area contributed by atoms with Crippen LogP contribution in [0.3, 0.4) is 0 Å². The molecule has 0 amide bonds. The van der Waals surface area contributed by atoms with Crippen LogP contribution in [0.4, 0.5) is 0 Å². The van der Waals surface area contributed by atoms with Crippen LogP contribution in [0.25, 0.3) is 33.6 Å². The molecule has 2 aromatic carbocycles. The van der Waals surface area contributed by atoms with Gasteiger partial charge in [-0.15, -0.1) is 0 Å².